The van der Waals surface area contributed by atoms with Crippen LogP contribution in [-0.2, 0) is 19.5 Å². The summed E-state index contributed by atoms with van der Waals surface area (Å²) in [6.07, 6.45) is 2.71. The molecule has 192 valence electrons. The van der Waals surface area contributed by atoms with Gasteiger partial charge in [0.25, 0.3) is 5.91 Å². The minimum Gasteiger partial charge on any atom is -0.367 e. The lowest BCUT2D eigenvalue weighted by molar-refractivity contribution is 0.0909. The number of likely N-dealkylation sites (tertiary alicyclic amines) is 1. The number of rotatable bonds is 5. The highest BCUT2D eigenvalue weighted by molar-refractivity contribution is 5.99. The number of aromatic amines is 1. The number of carbonyl (C=O) groups excluding carboxylic acids is 1. The van der Waals surface area contributed by atoms with Crippen molar-refractivity contribution in [1.29, 1.82) is 5.26 Å². The number of halogens is 1. The summed E-state index contributed by atoms with van der Waals surface area (Å²) < 4.78 is 13.4. The highest BCUT2D eigenvalue weighted by Crippen LogP contribution is 2.31. The van der Waals surface area contributed by atoms with Crippen molar-refractivity contribution >= 4 is 22.5 Å². The molecule has 0 unspecified atom stereocenters. The van der Waals surface area contributed by atoms with Crippen LogP contribution in [0.4, 0.5) is 10.1 Å². The molecule has 0 radical (unpaired) electrons. The first kappa shape index (κ1) is 24.2. The van der Waals surface area contributed by atoms with E-state index in [1.807, 2.05) is 54.6 Å². The van der Waals surface area contributed by atoms with E-state index in [0.717, 1.165) is 68.6 Å². The second-order valence-electron chi connectivity index (χ2n) is 10.3. The first-order chi connectivity index (χ1) is 18.6. The predicted molar refractivity (Wildman–Crippen MR) is 146 cm³/mol. The SMILES string of the molecule is N#Cc1ccc(CN2CCC(NC(=O)c3ccc4[nH]c5c(c4c3)CN(c3ccc(F)cc3)CC5)CC2)cc1. The van der Waals surface area contributed by atoms with Gasteiger partial charge in [0.15, 0.2) is 0 Å². The first-order valence-electron chi connectivity index (χ1n) is 13.2. The number of nitrogens with zero attached hydrogens (tertiary/aromatic N) is 3. The van der Waals surface area contributed by atoms with Crippen LogP contribution in [0.1, 0.15) is 45.6 Å². The lowest BCUT2D eigenvalue weighted by Crippen LogP contribution is -2.44. The van der Waals surface area contributed by atoms with Crippen LogP contribution >= 0.6 is 0 Å². The second kappa shape index (κ2) is 10.3. The highest BCUT2D eigenvalue weighted by Gasteiger charge is 2.24. The molecular formula is C31H30FN5O. The van der Waals surface area contributed by atoms with E-state index in [9.17, 15) is 9.18 Å². The third-order valence-corrected chi connectivity index (χ3v) is 7.84. The van der Waals surface area contributed by atoms with Gasteiger partial charge >= 0.3 is 0 Å². The fourth-order valence-electron chi connectivity index (χ4n) is 5.67. The Balaban J connectivity index is 1.09. The van der Waals surface area contributed by atoms with Crippen LogP contribution in [0.3, 0.4) is 0 Å². The van der Waals surface area contributed by atoms with Crippen molar-refractivity contribution < 1.29 is 9.18 Å². The Morgan fingerprint density at radius 1 is 1.03 bits per heavy atom. The molecule has 1 aromatic heterocycles. The number of aromatic nitrogens is 1. The van der Waals surface area contributed by atoms with Crippen molar-refractivity contribution in [2.75, 3.05) is 24.5 Å². The average Bonchev–Trinajstić information content (AvgIpc) is 3.32. The van der Waals surface area contributed by atoms with Crippen LogP contribution in [0.5, 0.6) is 0 Å². The molecule has 1 fully saturated rings. The number of anilines is 1. The van der Waals surface area contributed by atoms with E-state index >= 15 is 0 Å². The summed E-state index contributed by atoms with van der Waals surface area (Å²) in [6.45, 7) is 4.30. The van der Waals surface area contributed by atoms with Gasteiger partial charge < -0.3 is 15.2 Å². The molecule has 2 aliphatic heterocycles. The maximum atomic E-state index is 13.4. The highest BCUT2D eigenvalue weighted by atomic mass is 19.1. The summed E-state index contributed by atoms with van der Waals surface area (Å²) >= 11 is 0. The summed E-state index contributed by atoms with van der Waals surface area (Å²) in [4.78, 5) is 21.4. The standard InChI is InChI=1S/C31H30FN5O/c32-24-6-8-26(9-7-24)37-16-13-30-28(20-37)27-17-23(5-10-29(27)35-30)31(38)34-25-11-14-36(15-12-25)19-22-3-1-21(18-33)2-4-22/h1-10,17,25,35H,11-16,19-20H2,(H,34,38). The molecule has 0 aliphatic carbocycles. The number of benzene rings is 3. The Morgan fingerprint density at radius 2 is 1.79 bits per heavy atom. The van der Waals surface area contributed by atoms with E-state index < -0.39 is 0 Å². The van der Waals surface area contributed by atoms with E-state index in [2.05, 4.69) is 26.2 Å². The molecular weight excluding hydrogens is 477 g/mol. The summed E-state index contributed by atoms with van der Waals surface area (Å²) in [5, 5.41) is 13.3. The number of nitriles is 1. The summed E-state index contributed by atoms with van der Waals surface area (Å²) in [7, 11) is 0. The largest absolute Gasteiger partial charge is 0.367 e. The molecule has 7 heteroatoms. The monoisotopic (exact) mass is 507 g/mol. The third-order valence-electron chi connectivity index (χ3n) is 7.84. The Hall–Kier alpha value is -4.15. The number of H-pyrrole nitrogens is 1. The molecule has 3 heterocycles. The molecule has 4 aromatic rings. The summed E-state index contributed by atoms with van der Waals surface area (Å²) in [5.41, 5.74) is 7.03. The van der Waals surface area contributed by atoms with Crippen LogP contribution < -0.4 is 10.2 Å². The van der Waals surface area contributed by atoms with Gasteiger partial charge in [0.1, 0.15) is 5.82 Å². The molecule has 1 saturated heterocycles. The van der Waals surface area contributed by atoms with Crippen LogP contribution in [0, 0.1) is 17.1 Å². The number of piperidine rings is 1. The molecule has 6 nitrogen and oxygen atoms in total. The number of fused-ring (bicyclic) bond motifs is 3. The van der Waals surface area contributed by atoms with Crippen molar-refractivity contribution in [3.05, 3.63) is 100 Å². The molecule has 2 N–H and O–H groups in total. The second-order valence-corrected chi connectivity index (χ2v) is 10.3. The lowest BCUT2D eigenvalue weighted by atomic mass is 10.0. The number of amides is 1. The normalized spacial score (nSPS) is 16.3. The average molecular weight is 508 g/mol. The Kier molecular flexibility index (Phi) is 6.57. The van der Waals surface area contributed by atoms with Gasteiger partial charge in [0.2, 0.25) is 0 Å². The quantitative estimate of drug-likeness (QED) is 0.393. The maximum absolute atomic E-state index is 13.4. The molecule has 0 saturated carbocycles. The molecule has 38 heavy (non-hydrogen) atoms. The third kappa shape index (κ3) is 5.00. The van der Waals surface area contributed by atoms with E-state index in [-0.39, 0.29) is 17.8 Å². The fourth-order valence-corrected chi connectivity index (χ4v) is 5.67. The van der Waals surface area contributed by atoms with Crippen LogP contribution in [0.25, 0.3) is 10.9 Å². The van der Waals surface area contributed by atoms with E-state index in [1.54, 1.807) is 0 Å². The van der Waals surface area contributed by atoms with Gasteiger partial charge in [-0.15, -0.1) is 0 Å². The van der Waals surface area contributed by atoms with E-state index in [0.29, 0.717) is 11.1 Å². The van der Waals surface area contributed by atoms with Gasteiger partial charge in [-0.05, 0) is 73.0 Å². The van der Waals surface area contributed by atoms with Crippen molar-refractivity contribution in [3.8, 4) is 6.07 Å². The van der Waals surface area contributed by atoms with Gasteiger partial charge in [-0.2, -0.15) is 5.26 Å². The number of nitrogens with one attached hydrogen (secondary N) is 2. The molecule has 2 aliphatic rings. The molecule has 6 rings (SSSR count). The number of carbonyl (C=O) groups is 1. The molecule has 0 atom stereocenters. The Morgan fingerprint density at radius 3 is 2.53 bits per heavy atom. The van der Waals surface area contributed by atoms with Crippen molar-refractivity contribution in [2.45, 2.75) is 38.4 Å². The zero-order valence-corrected chi connectivity index (χ0v) is 21.2. The van der Waals surface area contributed by atoms with Gasteiger partial charge in [-0.25, -0.2) is 4.39 Å². The van der Waals surface area contributed by atoms with Crippen LogP contribution in [0.15, 0.2) is 66.7 Å². The summed E-state index contributed by atoms with van der Waals surface area (Å²) in [6, 6.07) is 22.6. The molecule has 0 spiro atoms. The smallest absolute Gasteiger partial charge is 0.251 e. The predicted octanol–water partition coefficient (Wildman–Crippen LogP) is 5.14. The van der Waals surface area contributed by atoms with Gasteiger partial charge in [-0.1, -0.05) is 12.1 Å². The zero-order chi connectivity index (χ0) is 26.1. The molecule has 0 bridgehead atoms. The minimum absolute atomic E-state index is 0.0291. The van der Waals surface area contributed by atoms with E-state index in [1.165, 1.54) is 29.0 Å². The van der Waals surface area contributed by atoms with E-state index in [4.69, 9.17) is 5.26 Å². The maximum Gasteiger partial charge on any atom is 0.251 e. The lowest BCUT2D eigenvalue weighted by Gasteiger charge is -2.32. The van der Waals surface area contributed by atoms with Gasteiger partial charge in [-0.3, -0.25) is 9.69 Å². The minimum atomic E-state index is -0.230. The first-order valence-corrected chi connectivity index (χ1v) is 13.2. The van der Waals surface area contributed by atoms with Gasteiger partial charge in [0, 0.05) is 78.6 Å². The van der Waals surface area contributed by atoms with Crippen LogP contribution in [-0.4, -0.2) is 41.5 Å². The molecule has 3 aromatic carbocycles. The number of hydrogen-bond acceptors (Lipinski definition) is 4. The van der Waals surface area contributed by atoms with Crippen LogP contribution in [0.2, 0.25) is 0 Å². The molecule has 1 amide bonds. The van der Waals surface area contributed by atoms with Gasteiger partial charge in [0.05, 0.1) is 11.6 Å². The van der Waals surface area contributed by atoms with Crippen molar-refractivity contribution in [1.82, 2.24) is 15.2 Å². The van der Waals surface area contributed by atoms with Crippen molar-refractivity contribution in [3.63, 3.8) is 0 Å². The zero-order valence-electron chi connectivity index (χ0n) is 21.2. The Labute approximate surface area is 221 Å². The van der Waals surface area contributed by atoms with Crippen molar-refractivity contribution in [2.24, 2.45) is 0 Å². The Bertz CT molecular complexity index is 1490. The fraction of sp³-hybridized carbons (Fsp3) is 0.290. The topological polar surface area (TPSA) is 75.2 Å². The number of hydrogen-bond donors (Lipinski definition) is 2. The summed E-state index contributed by atoms with van der Waals surface area (Å²) in [5.74, 6) is -0.259.